The zero-order valence-electron chi connectivity index (χ0n) is 10.3. The molecule has 0 amide bonds. The van der Waals surface area contributed by atoms with Crippen LogP contribution in [0.15, 0.2) is 22.7 Å². The fourth-order valence-electron chi connectivity index (χ4n) is 1.86. The van der Waals surface area contributed by atoms with Crippen molar-refractivity contribution in [3.8, 4) is 11.3 Å². The summed E-state index contributed by atoms with van der Waals surface area (Å²) in [5.74, 6) is -2.55. The van der Waals surface area contributed by atoms with Gasteiger partial charge in [0, 0.05) is 11.6 Å². The van der Waals surface area contributed by atoms with Gasteiger partial charge in [-0.2, -0.15) is 0 Å². The summed E-state index contributed by atoms with van der Waals surface area (Å²) in [4.78, 5) is 21.8. The molecule has 2 aromatic rings. The van der Waals surface area contributed by atoms with Gasteiger partial charge in [-0.25, -0.2) is 9.59 Å². The molecule has 0 bridgehead atoms. The Morgan fingerprint density at radius 3 is 2.26 bits per heavy atom. The van der Waals surface area contributed by atoms with Crippen LogP contribution in [0, 0.1) is 13.8 Å². The van der Waals surface area contributed by atoms with Crippen LogP contribution >= 0.6 is 0 Å². The summed E-state index contributed by atoms with van der Waals surface area (Å²) in [6, 6.07) is 4.45. The summed E-state index contributed by atoms with van der Waals surface area (Å²) >= 11 is 0. The molecule has 0 aliphatic heterocycles. The highest BCUT2D eigenvalue weighted by Gasteiger charge is 2.16. The van der Waals surface area contributed by atoms with E-state index in [9.17, 15) is 9.59 Å². The molecule has 0 spiro atoms. The molecule has 0 saturated heterocycles. The average Bonchev–Trinajstić information content (AvgIpc) is 2.77. The van der Waals surface area contributed by atoms with Gasteiger partial charge in [0.1, 0.15) is 5.69 Å². The molecule has 19 heavy (non-hydrogen) atoms. The zero-order valence-corrected chi connectivity index (χ0v) is 10.3. The molecule has 6 heteroatoms. The van der Waals surface area contributed by atoms with Gasteiger partial charge in [0.2, 0.25) is 5.76 Å². The summed E-state index contributed by atoms with van der Waals surface area (Å²) in [6.45, 7) is 3.49. The van der Waals surface area contributed by atoms with Crippen molar-refractivity contribution in [3.05, 3.63) is 40.6 Å². The van der Waals surface area contributed by atoms with Gasteiger partial charge in [0.15, 0.2) is 0 Å². The maximum atomic E-state index is 11.1. The van der Waals surface area contributed by atoms with Gasteiger partial charge in [0.25, 0.3) is 0 Å². The molecule has 0 saturated carbocycles. The van der Waals surface area contributed by atoms with Crippen LogP contribution in [0.25, 0.3) is 11.3 Å². The number of carboxylic acids is 2. The monoisotopic (exact) mass is 261 g/mol. The van der Waals surface area contributed by atoms with Gasteiger partial charge >= 0.3 is 11.9 Å². The Kier molecular flexibility index (Phi) is 3.08. The van der Waals surface area contributed by atoms with Crippen LogP contribution in [-0.4, -0.2) is 27.3 Å². The van der Waals surface area contributed by atoms with Crippen LogP contribution < -0.4 is 0 Å². The van der Waals surface area contributed by atoms with E-state index >= 15 is 0 Å². The van der Waals surface area contributed by atoms with Crippen LogP contribution in [0.2, 0.25) is 0 Å². The predicted molar refractivity (Wildman–Crippen MR) is 65.3 cm³/mol. The Labute approximate surface area is 108 Å². The second-order valence-corrected chi connectivity index (χ2v) is 4.17. The molecule has 6 nitrogen and oxygen atoms in total. The van der Waals surface area contributed by atoms with Crippen molar-refractivity contribution in [2.75, 3.05) is 0 Å². The molecule has 1 aromatic carbocycles. The third-order valence-corrected chi connectivity index (χ3v) is 2.80. The standard InChI is InChI=1S/C13H11NO5/c1-6-3-7(2)9(12(15)16)4-8(6)10-5-11(13(17)18)19-14-10/h3-5H,1-2H3,(H,15,16)(H,17,18). The van der Waals surface area contributed by atoms with Crippen LogP contribution in [0.3, 0.4) is 0 Å². The molecule has 0 atom stereocenters. The van der Waals surface area contributed by atoms with Gasteiger partial charge in [0.05, 0.1) is 5.56 Å². The topological polar surface area (TPSA) is 101 Å². The van der Waals surface area contributed by atoms with Crippen LogP contribution in [-0.2, 0) is 0 Å². The second-order valence-electron chi connectivity index (χ2n) is 4.17. The van der Waals surface area contributed by atoms with Crippen molar-refractivity contribution in [1.82, 2.24) is 5.16 Å². The number of aromatic carboxylic acids is 2. The molecular formula is C13H11NO5. The lowest BCUT2D eigenvalue weighted by Crippen LogP contribution is -2.01. The lowest BCUT2D eigenvalue weighted by molar-refractivity contribution is 0.0650. The van der Waals surface area contributed by atoms with E-state index in [1.54, 1.807) is 19.9 Å². The number of hydrogen-bond acceptors (Lipinski definition) is 4. The SMILES string of the molecule is Cc1cc(C)c(-c2cc(C(=O)O)on2)cc1C(=O)O. The smallest absolute Gasteiger partial charge is 0.374 e. The van der Waals surface area contributed by atoms with Crippen LogP contribution in [0.4, 0.5) is 0 Å². The lowest BCUT2D eigenvalue weighted by atomic mass is 9.98. The van der Waals surface area contributed by atoms with E-state index in [1.165, 1.54) is 12.1 Å². The summed E-state index contributed by atoms with van der Waals surface area (Å²) in [5.41, 5.74) is 2.43. The number of carbonyl (C=O) groups is 2. The van der Waals surface area contributed by atoms with E-state index in [0.717, 1.165) is 5.56 Å². The first-order valence-corrected chi connectivity index (χ1v) is 5.45. The zero-order chi connectivity index (χ0) is 14.2. The van der Waals surface area contributed by atoms with Crippen molar-refractivity contribution >= 4 is 11.9 Å². The summed E-state index contributed by atoms with van der Waals surface area (Å²) < 4.78 is 4.67. The quantitative estimate of drug-likeness (QED) is 0.879. The minimum absolute atomic E-state index is 0.153. The normalized spacial score (nSPS) is 10.4. The van der Waals surface area contributed by atoms with Crippen molar-refractivity contribution in [1.29, 1.82) is 0 Å². The highest BCUT2D eigenvalue weighted by Crippen LogP contribution is 2.26. The molecule has 0 fully saturated rings. The maximum absolute atomic E-state index is 11.1. The van der Waals surface area contributed by atoms with E-state index in [-0.39, 0.29) is 11.3 Å². The van der Waals surface area contributed by atoms with Gasteiger partial charge in [-0.05, 0) is 31.0 Å². The fraction of sp³-hybridized carbons (Fsp3) is 0.154. The Bertz CT molecular complexity index is 672. The molecule has 0 radical (unpaired) electrons. The Hall–Kier alpha value is -2.63. The molecule has 0 aliphatic carbocycles. The minimum atomic E-state index is -1.22. The minimum Gasteiger partial charge on any atom is -0.478 e. The van der Waals surface area contributed by atoms with Crippen molar-refractivity contribution in [2.24, 2.45) is 0 Å². The molecule has 0 unspecified atom stereocenters. The highest BCUT2D eigenvalue weighted by atomic mass is 16.5. The predicted octanol–water partition coefficient (Wildman–Crippen LogP) is 2.35. The van der Waals surface area contributed by atoms with E-state index in [1.807, 2.05) is 0 Å². The Balaban J connectivity index is 2.57. The van der Waals surface area contributed by atoms with Gasteiger partial charge in [-0.3, -0.25) is 0 Å². The first-order valence-electron chi connectivity index (χ1n) is 5.45. The largest absolute Gasteiger partial charge is 0.478 e. The van der Waals surface area contributed by atoms with Crippen LogP contribution in [0.5, 0.6) is 0 Å². The lowest BCUT2D eigenvalue weighted by Gasteiger charge is -2.07. The molecule has 2 N–H and O–H groups in total. The first kappa shape index (κ1) is 12.8. The van der Waals surface area contributed by atoms with Gasteiger partial charge < -0.3 is 14.7 Å². The van der Waals surface area contributed by atoms with E-state index < -0.39 is 11.9 Å². The Morgan fingerprint density at radius 2 is 1.74 bits per heavy atom. The van der Waals surface area contributed by atoms with Gasteiger partial charge in [-0.1, -0.05) is 11.2 Å². The number of rotatable bonds is 3. The molecule has 1 aromatic heterocycles. The molecule has 1 heterocycles. The van der Waals surface area contributed by atoms with E-state index in [4.69, 9.17) is 10.2 Å². The fourth-order valence-corrected chi connectivity index (χ4v) is 1.86. The number of hydrogen-bond donors (Lipinski definition) is 2. The van der Waals surface area contributed by atoms with Crippen molar-refractivity contribution in [2.45, 2.75) is 13.8 Å². The highest BCUT2D eigenvalue weighted by molar-refractivity contribution is 5.92. The van der Waals surface area contributed by atoms with E-state index in [2.05, 4.69) is 9.68 Å². The third kappa shape index (κ3) is 2.33. The van der Waals surface area contributed by atoms with Crippen molar-refractivity contribution < 1.29 is 24.3 Å². The van der Waals surface area contributed by atoms with Crippen molar-refractivity contribution in [3.63, 3.8) is 0 Å². The molecule has 2 rings (SSSR count). The van der Waals surface area contributed by atoms with Gasteiger partial charge in [-0.15, -0.1) is 0 Å². The maximum Gasteiger partial charge on any atom is 0.374 e. The number of carboxylic acid groups (broad SMARTS) is 2. The first-order chi connectivity index (χ1) is 8.90. The number of nitrogens with zero attached hydrogens (tertiary/aromatic N) is 1. The van der Waals surface area contributed by atoms with E-state index in [0.29, 0.717) is 16.8 Å². The Morgan fingerprint density at radius 1 is 1.05 bits per heavy atom. The molecular weight excluding hydrogens is 250 g/mol. The second kappa shape index (κ2) is 4.56. The third-order valence-electron chi connectivity index (χ3n) is 2.80. The summed E-state index contributed by atoms with van der Waals surface area (Å²) in [6.07, 6.45) is 0. The number of benzene rings is 1. The molecule has 0 aliphatic rings. The number of aromatic nitrogens is 1. The molecule has 98 valence electrons. The van der Waals surface area contributed by atoms with Crippen LogP contribution in [0.1, 0.15) is 32.0 Å². The summed E-state index contributed by atoms with van der Waals surface area (Å²) in [5, 5.41) is 21.5. The summed E-state index contributed by atoms with van der Waals surface area (Å²) in [7, 11) is 0. The number of aryl methyl sites for hydroxylation is 2. The average molecular weight is 261 g/mol.